The predicted octanol–water partition coefficient (Wildman–Crippen LogP) is 1.38. The highest BCUT2D eigenvalue weighted by Gasteiger charge is 2.30. The summed E-state index contributed by atoms with van der Waals surface area (Å²) in [5.74, 6) is -0.507. The number of fused-ring (bicyclic) bond motifs is 1. The van der Waals surface area contributed by atoms with E-state index in [2.05, 4.69) is 0 Å². The third-order valence-electron chi connectivity index (χ3n) is 4.58. The largest absolute Gasteiger partial charge is 0.378 e. The number of anilines is 1. The Labute approximate surface area is 147 Å². The van der Waals surface area contributed by atoms with Crippen molar-refractivity contribution in [3.05, 3.63) is 42.5 Å². The van der Waals surface area contributed by atoms with Crippen LogP contribution in [-0.2, 0) is 14.3 Å². The second-order valence-electron chi connectivity index (χ2n) is 6.10. The van der Waals surface area contributed by atoms with Gasteiger partial charge in [-0.05, 0) is 18.4 Å². The van der Waals surface area contributed by atoms with E-state index >= 15 is 0 Å². The standard InChI is InChI=1S/C19H23N3O3/c1-2-22(16-9-5-7-14-6-3-4-8-15(14)16)18(23)12-21-10-11-25-13-17(21)19(20)24/h3-9,17H,2,10-13H2,1H3,(H2,20,24). The van der Waals surface area contributed by atoms with Crippen LogP contribution < -0.4 is 10.6 Å². The van der Waals surface area contributed by atoms with Gasteiger partial charge in [-0.1, -0.05) is 36.4 Å². The second kappa shape index (κ2) is 7.63. The number of rotatable bonds is 5. The molecule has 0 aliphatic carbocycles. The number of ether oxygens (including phenoxy) is 1. The highest BCUT2D eigenvalue weighted by molar-refractivity contribution is 6.04. The van der Waals surface area contributed by atoms with Gasteiger partial charge in [-0.2, -0.15) is 0 Å². The maximum absolute atomic E-state index is 12.9. The molecule has 0 saturated carbocycles. The first-order valence-corrected chi connectivity index (χ1v) is 8.51. The normalized spacial score (nSPS) is 18.2. The topological polar surface area (TPSA) is 75.9 Å². The van der Waals surface area contributed by atoms with E-state index in [0.29, 0.717) is 19.7 Å². The zero-order chi connectivity index (χ0) is 17.8. The fourth-order valence-electron chi connectivity index (χ4n) is 3.27. The van der Waals surface area contributed by atoms with Crippen LogP contribution in [0.5, 0.6) is 0 Å². The Morgan fingerprint density at radius 3 is 2.76 bits per heavy atom. The zero-order valence-electron chi connectivity index (χ0n) is 14.4. The Kier molecular flexibility index (Phi) is 5.31. The van der Waals surface area contributed by atoms with Gasteiger partial charge in [-0.25, -0.2) is 0 Å². The summed E-state index contributed by atoms with van der Waals surface area (Å²) in [6, 6.07) is 13.4. The predicted molar refractivity (Wildman–Crippen MR) is 97.3 cm³/mol. The molecule has 2 aromatic carbocycles. The number of nitrogens with zero attached hydrogens (tertiary/aromatic N) is 2. The lowest BCUT2D eigenvalue weighted by atomic mass is 10.1. The molecule has 1 unspecified atom stereocenters. The van der Waals surface area contributed by atoms with Crippen LogP contribution in [0.25, 0.3) is 10.8 Å². The Morgan fingerprint density at radius 1 is 1.24 bits per heavy atom. The number of carbonyl (C=O) groups is 2. The van der Waals surface area contributed by atoms with E-state index in [4.69, 9.17) is 10.5 Å². The Balaban J connectivity index is 1.85. The highest BCUT2D eigenvalue weighted by Crippen LogP contribution is 2.27. The molecule has 1 atom stereocenters. The van der Waals surface area contributed by atoms with Gasteiger partial charge in [-0.3, -0.25) is 14.5 Å². The van der Waals surface area contributed by atoms with Crippen LogP contribution in [0.1, 0.15) is 6.92 Å². The molecule has 6 nitrogen and oxygen atoms in total. The Hall–Kier alpha value is -2.44. The molecule has 6 heteroatoms. The van der Waals surface area contributed by atoms with Gasteiger partial charge in [0.2, 0.25) is 11.8 Å². The molecule has 2 N–H and O–H groups in total. The molecule has 1 saturated heterocycles. The third-order valence-corrected chi connectivity index (χ3v) is 4.58. The smallest absolute Gasteiger partial charge is 0.241 e. The number of amides is 2. The van der Waals surface area contributed by atoms with E-state index in [1.54, 1.807) is 4.90 Å². The monoisotopic (exact) mass is 341 g/mol. The molecule has 0 bridgehead atoms. The number of primary amides is 1. The summed E-state index contributed by atoms with van der Waals surface area (Å²) in [5, 5.41) is 2.13. The van der Waals surface area contributed by atoms with Crippen molar-refractivity contribution in [3.8, 4) is 0 Å². The van der Waals surface area contributed by atoms with Crippen molar-refractivity contribution >= 4 is 28.3 Å². The van der Waals surface area contributed by atoms with Crippen LogP contribution in [0.15, 0.2) is 42.5 Å². The lowest BCUT2D eigenvalue weighted by Gasteiger charge is -2.34. The van der Waals surface area contributed by atoms with Crippen LogP contribution >= 0.6 is 0 Å². The summed E-state index contributed by atoms with van der Waals surface area (Å²) in [4.78, 5) is 28.1. The van der Waals surface area contributed by atoms with Gasteiger partial charge in [0.05, 0.1) is 25.4 Å². The first-order chi connectivity index (χ1) is 12.1. The van der Waals surface area contributed by atoms with E-state index in [1.807, 2.05) is 54.3 Å². The van der Waals surface area contributed by atoms with E-state index in [1.165, 1.54) is 0 Å². The molecule has 25 heavy (non-hydrogen) atoms. The molecule has 3 rings (SSSR count). The molecule has 0 radical (unpaired) electrons. The Bertz CT molecular complexity index is 772. The van der Waals surface area contributed by atoms with Crippen LogP contribution in [0.4, 0.5) is 5.69 Å². The first kappa shape index (κ1) is 17.4. The second-order valence-corrected chi connectivity index (χ2v) is 6.10. The fourth-order valence-corrected chi connectivity index (χ4v) is 3.27. The average Bonchev–Trinajstić information content (AvgIpc) is 2.63. The summed E-state index contributed by atoms with van der Waals surface area (Å²) in [5.41, 5.74) is 6.33. The van der Waals surface area contributed by atoms with Crippen molar-refractivity contribution < 1.29 is 14.3 Å². The lowest BCUT2D eigenvalue weighted by molar-refractivity contribution is -0.132. The summed E-state index contributed by atoms with van der Waals surface area (Å²) in [6.07, 6.45) is 0. The maximum atomic E-state index is 12.9. The van der Waals surface area contributed by atoms with Crippen molar-refractivity contribution in [1.82, 2.24) is 4.90 Å². The molecule has 1 fully saturated rings. The van der Waals surface area contributed by atoms with Crippen molar-refractivity contribution in [2.24, 2.45) is 5.73 Å². The summed E-state index contributed by atoms with van der Waals surface area (Å²) in [6.45, 7) is 3.91. The van der Waals surface area contributed by atoms with Gasteiger partial charge in [-0.15, -0.1) is 0 Å². The highest BCUT2D eigenvalue weighted by atomic mass is 16.5. The van der Waals surface area contributed by atoms with Gasteiger partial charge in [0.1, 0.15) is 6.04 Å². The molecular weight excluding hydrogens is 318 g/mol. The number of benzene rings is 2. The number of carbonyl (C=O) groups excluding carboxylic acids is 2. The third kappa shape index (κ3) is 3.65. The fraction of sp³-hybridized carbons (Fsp3) is 0.368. The van der Waals surface area contributed by atoms with Gasteiger partial charge >= 0.3 is 0 Å². The molecule has 2 aromatic rings. The van der Waals surface area contributed by atoms with Crippen molar-refractivity contribution in [2.45, 2.75) is 13.0 Å². The number of hydrogen-bond acceptors (Lipinski definition) is 4. The minimum absolute atomic E-state index is 0.0491. The minimum Gasteiger partial charge on any atom is -0.378 e. The zero-order valence-corrected chi connectivity index (χ0v) is 14.4. The number of likely N-dealkylation sites (N-methyl/N-ethyl adjacent to an activating group) is 1. The van der Waals surface area contributed by atoms with E-state index < -0.39 is 11.9 Å². The van der Waals surface area contributed by atoms with Gasteiger partial charge < -0.3 is 15.4 Å². The number of nitrogens with two attached hydrogens (primary N) is 1. The van der Waals surface area contributed by atoms with E-state index in [9.17, 15) is 9.59 Å². The molecule has 1 aliphatic heterocycles. The summed E-state index contributed by atoms with van der Waals surface area (Å²) >= 11 is 0. The van der Waals surface area contributed by atoms with Crippen LogP contribution in [0, 0.1) is 0 Å². The van der Waals surface area contributed by atoms with Gasteiger partial charge in [0, 0.05) is 18.5 Å². The average molecular weight is 341 g/mol. The van der Waals surface area contributed by atoms with Gasteiger partial charge in [0.15, 0.2) is 0 Å². The summed E-state index contributed by atoms with van der Waals surface area (Å²) < 4.78 is 5.32. The van der Waals surface area contributed by atoms with Crippen LogP contribution in [-0.4, -0.2) is 55.6 Å². The molecule has 0 spiro atoms. The Morgan fingerprint density at radius 2 is 2.00 bits per heavy atom. The molecule has 0 aromatic heterocycles. The number of hydrogen-bond donors (Lipinski definition) is 1. The minimum atomic E-state index is -0.552. The molecule has 1 heterocycles. The molecule has 132 valence electrons. The molecule has 2 amide bonds. The van der Waals surface area contributed by atoms with Gasteiger partial charge in [0.25, 0.3) is 0 Å². The quantitative estimate of drug-likeness (QED) is 0.891. The lowest BCUT2D eigenvalue weighted by Crippen LogP contribution is -2.55. The van der Waals surface area contributed by atoms with Crippen molar-refractivity contribution in [1.29, 1.82) is 0 Å². The van der Waals surface area contributed by atoms with E-state index in [0.717, 1.165) is 16.5 Å². The van der Waals surface area contributed by atoms with Crippen LogP contribution in [0.2, 0.25) is 0 Å². The van der Waals surface area contributed by atoms with Crippen LogP contribution in [0.3, 0.4) is 0 Å². The van der Waals surface area contributed by atoms with Crippen molar-refractivity contribution in [3.63, 3.8) is 0 Å². The molecule has 1 aliphatic rings. The first-order valence-electron chi connectivity index (χ1n) is 8.51. The van der Waals surface area contributed by atoms with E-state index in [-0.39, 0.29) is 19.1 Å². The maximum Gasteiger partial charge on any atom is 0.241 e. The van der Waals surface area contributed by atoms with Crippen molar-refractivity contribution in [2.75, 3.05) is 37.7 Å². The number of morpholine rings is 1. The summed E-state index contributed by atoms with van der Waals surface area (Å²) in [7, 11) is 0. The molecular formula is C19H23N3O3. The SMILES string of the molecule is CCN(C(=O)CN1CCOCC1C(N)=O)c1cccc2ccccc12.